The SMILES string of the molecule is CCCCCCOC(C)(OCCCCCC)OC(=O)CCCCCCCC(=O)O. The number of rotatable bonds is 21. The van der Waals surface area contributed by atoms with Crippen molar-refractivity contribution in [2.24, 2.45) is 0 Å². The zero-order chi connectivity index (χ0) is 21.8. The van der Waals surface area contributed by atoms with Crippen LogP contribution in [0.5, 0.6) is 0 Å². The molecular formula is C23H44O6. The number of esters is 1. The van der Waals surface area contributed by atoms with Crippen LogP contribution in [0.4, 0.5) is 0 Å². The first-order valence-corrected chi connectivity index (χ1v) is 11.6. The topological polar surface area (TPSA) is 82.1 Å². The maximum absolute atomic E-state index is 12.2. The predicted octanol–water partition coefficient (Wildman–Crippen LogP) is 6.21. The number of carbonyl (C=O) groups is 2. The lowest BCUT2D eigenvalue weighted by atomic mass is 10.1. The second kappa shape index (κ2) is 18.9. The van der Waals surface area contributed by atoms with Crippen LogP contribution in [0.1, 0.15) is 117 Å². The summed E-state index contributed by atoms with van der Waals surface area (Å²) in [5.74, 6) is -2.37. The highest BCUT2D eigenvalue weighted by molar-refractivity contribution is 5.69. The molecule has 172 valence electrons. The molecule has 0 atom stereocenters. The average Bonchev–Trinajstić information content (AvgIpc) is 2.66. The third kappa shape index (κ3) is 18.6. The van der Waals surface area contributed by atoms with Gasteiger partial charge < -0.3 is 19.3 Å². The lowest BCUT2D eigenvalue weighted by Gasteiger charge is -2.29. The summed E-state index contributed by atoms with van der Waals surface area (Å²) in [6, 6.07) is 0. The van der Waals surface area contributed by atoms with Crippen LogP contribution in [-0.2, 0) is 23.8 Å². The van der Waals surface area contributed by atoms with Gasteiger partial charge in [0.25, 0.3) is 0 Å². The van der Waals surface area contributed by atoms with E-state index in [1.807, 2.05) is 0 Å². The van der Waals surface area contributed by atoms with Crippen LogP contribution in [0, 0.1) is 0 Å². The van der Waals surface area contributed by atoms with Crippen molar-refractivity contribution in [3.05, 3.63) is 0 Å². The van der Waals surface area contributed by atoms with Gasteiger partial charge in [0.2, 0.25) is 0 Å². The van der Waals surface area contributed by atoms with Gasteiger partial charge in [-0.2, -0.15) is 0 Å². The van der Waals surface area contributed by atoms with E-state index in [0.717, 1.165) is 64.2 Å². The van der Waals surface area contributed by atoms with Crippen molar-refractivity contribution in [1.29, 1.82) is 0 Å². The molecule has 1 N–H and O–H groups in total. The molecule has 0 aromatic carbocycles. The van der Waals surface area contributed by atoms with Crippen molar-refractivity contribution in [2.75, 3.05) is 13.2 Å². The van der Waals surface area contributed by atoms with Crippen LogP contribution in [0.3, 0.4) is 0 Å². The molecule has 6 heteroatoms. The van der Waals surface area contributed by atoms with Crippen molar-refractivity contribution in [3.8, 4) is 0 Å². The zero-order valence-electron chi connectivity index (χ0n) is 19.0. The molecule has 0 unspecified atom stereocenters. The van der Waals surface area contributed by atoms with Crippen LogP contribution in [-0.4, -0.2) is 36.2 Å². The standard InChI is InChI=1S/C23H44O6/c1-4-6-8-15-19-27-23(3,28-20-16-9-7-5-2)29-22(26)18-14-12-10-11-13-17-21(24)25/h4-20H2,1-3H3,(H,24,25). The van der Waals surface area contributed by atoms with Gasteiger partial charge in [-0.05, 0) is 25.7 Å². The number of hydrogen-bond donors (Lipinski definition) is 1. The van der Waals surface area contributed by atoms with Gasteiger partial charge in [0.05, 0.1) is 13.2 Å². The van der Waals surface area contributed by atoms with E-state index in [9.17, 15) is 9.59 Å². The monoisotopic (exact) mass is 416 g/mol. The average molecular weight is 417 g/mol. The van der Waals surface area contributed by atoms with Crippen LogP contribution in [0.25, 0.3) is 0 Å². The highest BCUT2D eigenvalue weighted by Crippen LogP contribution is 2.19. The molecule has 0 rings (SSSR count). The lowest BCUT2D eigenvalue weighted by Crippen LogP contribution is -2.38. The highest BCUT2D eigenvalue weighted by Gasteiger charge is 2.30. The highest BCUT2D eigenvalue weighted by atomic mass is 16.9. The minimum Gasteiger partial charge on any atom is -0.481 e. The number of carbonyl (C=O) groups excluding carboxylic acids is 1. The van der Waals surface area contributed by atoms with Gasteiger partial charge in [-0.15, -0.1) is 0 Å². The fraction of sp³-hybridized carbons (Fsp3) is 0.913. The van der Waals surface area contributed by atoms with Crippen molar-refractivity contribution in [1.82, 2.24) is 0 Å². The van der Waals surface area contributed by atoms with E-state index in [4.69, 9.17) is 19.3 Å². The Morgan fingerprint density at radius 1 is 0.690 bits per heavy atom. The van der Waals surface area contributed by atoms with Crippen molar-refractivity contribution in [2.45, 2.75) is 123 Å². The van der Waals surface area contributed by atoms with Gasteiger partial charge in [-0.1, -0.05) is 71.6 Å². The van der Waals surface area contributed by atoms with E-state index >= 15 is 0 Å². The molecule has 0 saturated heterocycles. The molecule has 0 aliphatic heterocycles. The summed E-state index contributed by atoms with van der Waals surface area (Å²) in [5.41, 5.74) is 0. The smallest absolute Gasteiger partial charge is 0.326 e. The summed E-state index contributed by atoms with van der Waals surface area (Å²) < 4.78 is 17.2. The van der Waals surface area contributed by atoms with Crippen LogP contribution in [0.2, 0.25) is 0 Å². The third-order valence-electron chi connectivity index (χ3n) is 4.80. The summed E-state index contributed by atoms with van der Waals surface area (Å²) >= 11 is 0. The molecule has 0 heterocycles. The molecule has 0 fully saturated rings. The minimum atomic E-state index is -1.31. The summed E-state index contributed by atoms with van der Waals surface area (Å²) in [6.45, 7) is 7.05. The first-order valence-electron chi connectivity index (χ1n) is 11.6. The first kappa shape index (κ1) is 27.9. The maximum atomic E-state index is 12.2. The van der Waals surface area contributed by atoms with E-state index in [1.54, 1.807) is 6.92 Å². The van der Waals surface area contributed by atoms with Crippen molar-refractivity contribution >= 4 is 11.9 Å². The molecule has 6 nitrogen and oxygen atoms in total. The molecule has 0 saturated carbocycles. The Hall–Kier alpha value is -1.14. The number of aliphatic carboxylic acids is 1. The third-order valence-corrected chi connectivity index (χ3v) is 4.80. The molecule has 29 heavy (non-hydrogen) atoms. The molecular weight excluding hydrogens is 372 g/mol. The molecule has 0 aromatic heterocycles. The predicted molar refractivity (Wildman–Crippen MR) is 115 cm³/mol. The molecule has 0 aliphatic rings. The normalized spacial score (nSPS) is 11.6. The Labute approximate surface area is 177 Å². The fourth-order valence-electron chi connectivity index (χ4n) is 3.01. The summed E-state index contributed by atoms with van der Waals surface area (Å²) in [7, 11) is 0. The summed E-state index contributed by atoms with van der Waals surface area (Å²) in [6.07, 6.45) is 13.4. The molecule has 0 bridgehead atoms. The van der Waals surface area contributed by atoms with Crippen molar-refractivity contribution in [3.63, 3.8) is 0 Å². The zero-order valence-corrected chi connectivity index (χ0v) is 19.0. The Morgan fingerprint density at radius 3 is 1.62 bits per heavy atom. The lowest BCUT2D eigenvalue weighted by molar-refractivity contribution is -0.353. The van der Waals surface area contributed by atoms with Crippen LogP contribution < -0.4 is 0 Å². The van der Waals surface area contributed by atoms with E-state index in [0.29, 0.717) is 26.1 Å². The first-order chi connectivity index (χ1) is 13.9. The number of ether oxygens (including phenoxy) is 3. The Kier molecular flexibility index (Phi) is 18.1. The Morgan fingerprint density at radius 2 is 1.14 bits per heavy atom. The van der Waals surface area contributed by atoms with Crippen LogP contribution in [0.15, 0.2) is 0 Å². The van der Waals surface area contributed by atoms with Gasteiger partial charge in [0, 0.05) is 19.8 Å². The molecule has 0 radical (unpaired) electrons. The second-order valence-electron chi connectivity index (χ2n) is 7.82. The second-order valence-corrected chi connectivity index (χ2v) is 7.82. The minimum absolute atomic E-state index is 0.214. The largest absolute Gasteiger partial charge is 0.481 e. The quantitative estimate of drug-likeness (QED) is 0.136. The maximum Gasteiger partial charge on any atom is 0.326 e. The summed E-state index contributed by atoms with van der Waals surface area (Å²) in [5, 5.41) is 8.62. The van der Waals surface area contributed by atoms with E-state index < -0.39 is 11.9 Å². The number of hydrogen-bond acceptors (Lipinski definition) is 5. The van der Waals surface area contributed by atoms with Gasteiger partial charge in [0.1, 0.15) is 0 Å². The number of carboxylic acids is 1. The number of carboxylic acid groups (broad SMARTS) is 1. The van der Waals surface area contributed by atoms with Gasteiger partial charge in [-0.25, -0.2) is 0 Å². The van der Waals surface area contributed by atoms with Gasteiger partial charge in [0.15, 0.2) is 0 Å². The molecule has 0 aliphatic carbocycles. The van der Waals surface area contributed by atoms with Crippen LogP contribution >= 0.6 is 0 Å². The van der Waals surface area contributed by atoms with Gasteiger partial charge in [-0.3, -0.25) is 9.59 Å². The molecule has 0 amide bonds. The van der Waals surface area contributed by atoms with E-state index in [-0.39, 0.29) is 12.4 Å². The fourth-order valence-corrected chi connectivity index (χ4v) is 3.01. The Bertz CT molecular complexity index is 396. The summed E-state index contributed by atoms with van der Waals surface area (Å²) in [4.78, 5) is 22.7. The van der Waals surface area contributed by atoms with E-state index in [1.165, 1.54) is 12.8 Å². The molecule has 0 aromatic rings. The Balaban J connectivity index is 4.19. The molecule has 0 spiro atoms. The number of unbranched alkanes of at least 4 members (excludes halogenated alkanes) is 10. The van der Waals surface area contributed by atoms with Gasteiger partial charge >= 0.3 is 17.9 Å². The van der Waals surface area contributed by atoms with E-state index in [2.05, 4.69) is 13.8 Å². The van der Waals surface area contributed by atoms with Crippen molar-refractivity contribution < 1.29 is 28.9 Å².